The summed E-state index contributed by atoms with van der Waals surface area (Å²) in [5.74, 6) is 1.67. The van der Waals surface area contributed by atoms with Crippen molar-refractivity contribution in [3.05, 3.63) is 0 Å². The maximum Gasteiger partial charge on any atom is 0.133 e. The summed E-state index contributed by atoms with van der Waals surface area (Å²) in [5, 5.41) is 0. The molecule has 0 aromatic heterocycles. The highest BCUT2D eigenvalue weighted by Crippen LogP contribution is 2.19. The Morgan fingerprint density at radius 1 is 1.06 bits per heavy atom. The molecule has 0 aliphatic heterocycles. The highest BCUT2D eigenvalue weighted by atomic mass is 16.1. The van der Waals surface area contributed by atoms with E-state index in [1.54, 1.807) is 0 Å². The maximum absolute atomic E-state index is 11.8. The predicted octanol–water partition coefficient (Wildman–Crippen LogP) is 3.93. The molecule has 0 rings (SSSR count). The van der Waals surface area contributed by atoms with Crippen LogP contribution in [0.4, 0.5) is 0 Å². The molecular formula is C15H31NO. The van der Waals surface area contributed by atoms with Crippen LogP contribution in [0.3, 0.4) is 0 Å². The highest BCUT2D eigenvalue weighted by molar-refractivity contribution is 5.78. The minimum atomic E-state index is 0.448. The Balaban J connectivity index is 3.78. The maximum atomic E-state index is 11.8. The van der Waals surface area contributed by atoms with Crippen LogP contribution in [0.5, 0.6) is 0 Å². The van der Waals surface area contributed by atoms with E-state index < -0.39 is 0 Å². The Bertz CT molecular complexity index is 185. The van der Waals surface area contributed by atoms with Gasteiger partial charge in [0, 0.05) is 12.8 Å². The Morgan fingerprint density at radius 2 is 1.71 bits per heavy atom. The first-order valence-corrected chi connectivity index (χ1v) is 7.35. The van der Waals surface area contributed by atoms with Gasteiger partial charge in [0.1, 0.15) is 5.78 Å². The molecule has 102 valence electrons. The van der Waals surface area contributed by atoms with E-state index in [9.17, 15) is 4.79 Å². The molecule has 0 aliphatic rings. The van der Waals surface area contributed by atoms with Crippen LogP contribution in [0, 0.1) is 11.8 Å². The molecule has 2 unspecified atom stereocenters. The molecule has 0 saturated heterocycles. The molecule has 0 saturated carbocycles. The second kappa shape index (κ2) is 10.8. The highest BCUT2D eigenvalue weighted by Gasteiger charge is 2.12. The Morgan fingerprint density at radius 3 is 2.24 bits per heavy atom. The zero-order chi connectivity index (χ0) is 13.1. The molecule has 2 heteroatoms. The quantitative estimate of drug-likeness (QED) is 0.595. The zero-order valence-corrected chi connectivity index (χ0v) is 12.0. The third-order valence-corrected chi connectivity index (χ3v) is 3.46. The molecule has 0 aromatic carbocycles. The lowest BCUT2D eigenvalue weighted by Gasteiger charge is -2.15. The van der Waals surface area contributed by atoms with Crippen LogP contribution >= 0.6 is 0 Å². The summed E-state index contributed by atoms with van der Waals surface area (Å²) in [6.45, 7) is 7.32. The van der Waals surface area contributed by atoms with E-state index in [1.165, 1.54) is 25.7 Å². The monoisotopic (exact) mass is 241 g/mol. The van der Waals surface area contributed by atoms with Gasteiger partial charge in [0.15, 0.2) is 0 Å². The molecule has 0 aromatic rings. The summed E-state index contributed by atoms with van der Waals surface area (Å²) in [4.78, 5) is 11.8. The second-order valence-corrected chi connectivity index (χ2v) is 5.41. The first-order valence-electron chi connectivity index (χ1n) is 7.35. The first kappa shape index (κ1) is 16.6. The van der Waals surface area contributed by atoms with E-state index >= 15 is 0 Å². The average molecular weight is 241 g/mol. The topological polar surface area (TPSA) is 43.1 Å². The molecular weight excluding hydrogens is 210 g/mol. The fourth-order valence-electron chi connectivity index (χ4n) is 2.53. The SMILES string of the molecule is CCCC(C)CC(=O)CCC(CCC)CCN. The molecule has 0 heterocycles. The molecule has 0 spiro atoms. The lowest BCUT2D eigenvalue weighted by Crippen LogP contribution is -2.12. The Kier molecular flexibility index (Phi) is 10.5. The van der Waals surface area contributed by atoms with E-state index in [-0.39, 0.29) is 0 Å². The minimum absolute atomic E-state index is 0.448. The Labute approximate surface area is 107 Å². The molecule has 17 heavy (non-hydrogen) atoms. The van der Waals surface area contributed by atoms with E-state index in [2.05, 4.69) is 20.8 Å². The molecule has 2 N–H and O–H groups in total. The number of carbonyl (C=O) groups excluding carboxylic acids is 1. The number of carbonyl (C=O) groups is 1. The normalized spacial score (nSPS) is 14.6. The predicted molar refractivity (Wildman–Crippen MR) is 75.0 cm³/mol. The van der Waals surface area contributed by atoms with E-state index in [1.807, 2.05) is 0 Å². The number of hydrogen-bond acceptors (Lipinski definition) is 2. The second-order valence-electron chi connectivity index (χ2n) is 5.41. The standard InChI is InChI=1S/C15H31NO/c1-4-6-13(3)12-15(17)9-8-14(7-5-2)10-11-16/h13-14H,4-12,16H2,1-3H3. The Hall–Kier alpha value is -0.370. The van der Waals surface area contributed by atoms with Crippen molar-refractivity contribution >= 4 is 5.78 Å². The summed E-state index contributed by atoms with van der Waals surface area (Å²) in [6, 6.07) is 0. The third-order valence-electron chi connectivity index (χ3n) is 3.46. The van der Waals surface area contributed by atoms with Gasteiger partial charge in [-0.15, -0.1) is 0 Å². The van der Waals surface area contributed by atoms with E-state index in [0.717, 1.165) is 32.2 Å². The number of rotatable bonds is 11. The van der Waals surface area contributed by atoms with Gasteiger partial charge >= 0.3 is 0 Å². The molecule has 0 radical (unpaired) electrons. The van der Waals surface area contributed by atoms with E-state index in [4.69, 9.17) is 5.73 Å². The average Bonchev–Trinajstić information content (AvgIpc) is 2.27. The summed E-state index contributed by atoms with van der Waals surface area (Å²) in [5.41, 5.74) is 5.60. The first-order chi connectivity index (χ1) is 8.13. The van der Waals surface area contributed by atoms with Crippen molar-refractivity contribution in [1.29, 1.82) is 0 Å². The van der Waals surface area contributed by atoms with Gasteiger partial charge in [0.2, 0.25) is 0 Å². The van der Waals surface area contributed by atoms with Crippen molar-refractivity contribution in [1.82, 2.24) is 0 Å². The van der Waals surface area contributed by atoms with Gasteiger partial charge in [-0.2, -0.15) is 0 Å². The van der Waals surface area contributed by atoms with Gasteiger partial charge in [0.05, 0.1) is 0 Å². The third kappa shape index (κ3) is 9.34. The van der Waals surface area contributed by atoms with Gasteiger partial charge in [-0.3, -0.25) is 4.79 Å². The van der Waals surface area contributed by atoms with Gasteiger partial charge in [-0.1, -0.05) is 46.5 Å². The van der Waals surface area contributed by atoms with Crippen molar-refractivity contribution in [2.75, 3.05) is 6.54 Å². The summed E-state index contributed by atoms with van der Waals surface area (Å²) in [7, 11) is 0. The molecule has 0 fully saturated rings. The van der Waals surface area contributed by atoms with Crippen molar-refractivity contribution < 1.29 is 4.79 Å². The van der Waals surface area contributed by atoms with Crippen LogP contribution in [0.1, 0.15) is 72.1 Å². The van der Waals surface area contributed by atoms with Crippen LogP contribution in [-0.2, 0) is 4.79 Å². The zero-order valence-electron chi connectivity index (χ0n) is 12.0. The summed E-state index contributed by atoms with van der Waals surface area (Å²) >= 11 is 0. The van der Waals surface area contributed by atoms with Gasteiger partial charge < -0.3 is 5.73 Å². The fraction of sp³-hybridized carbons (Fsp3) is 0.933. The van der Waals surface area contributed by atoms with Crippen LogP contribution < -0.4 is 5.73 Å². The molecule has 2 atom stereocenters. The van der Waals surface area contributed by atoms with Crippen LogP contribution in [0.15, 0.2) is 0 Å². The van der Waals surface area contributed by atoms with Crippen molar-refractivity contribution in [3.8, 4) is 0 Å². The molecule has 0 aliphatic carbocycles. The largest absolute Gasteiger partial charge is 0.330 e. The van der Waals surface area contributed by atoms with Crippen molar-refractivity contribution in [2.24, 2.45) is 17.6 Å². The molecule has 0 amide bonds. The fourth-order valence-corrected chi connectivity index (χ4v) is 2.53. The number of nitrogens with two attached hydrogens (primary N) is 1. The van der Waals surface area contributed by atoms with Gasteiger partial charge in [0.25, 0.3) is 0 Å². The van der Waals surface area contributed by atoms with Crippen LogP contribution in [0.25, 0.3) is 0 Å². The van der Waals surface area contributed by atoms with E-state index in [0.29, 0.717) is 17.6 Å². The molecule has 2 nitrogen and oxygen atoms in total. The smallest absolute Gasteiger partial charge is 0.133 e. The summed E-state index contributed by atoms with van der Waals surface area (Å²) in [6.07, 6.45) is 8.43. The van der Waals surface area contributed by atoms with Crippen molar-refractivity contribution in [3.63, 3.8) is 0 Å². The number of ketones is 1. The lowest BCUT2D eigenvalue weighted by atomic mass is 9.91. The number of Topliss-reactive ketones (excluding diaryl/α,β-unsaturated/α-hetero) is 1. The van der Waals surface area contributed by atoms with Gasteiger partial charge in [-0.25, -0.2) is 0 Å². The molecule has 0 bridgehead atoms. The van der Waals surface area contributed by atoms with Crippen LogP contribution in [-0.4, -0.2) is 12.3 Å². The lowest BCUT2D eigenvalue weighted by molar-refractivity contribution is -0.120. The van der Waals surface area contributed by atoms with Crippen LogP contribution in [0.2, 0.25) is 0 Å². The number of hydrogen-bond donors (Lipinski definition) is 1. The minimum Gasteiger partial charge on any atom is -0.330 e. The van der Waals surface area contributed by atoms with Gasteiger partial charge in [-0.05, 0) is 31.2 Å². The van der Waals surface area contributed by atoms with Crippen molar-refractivity contribution in [2.45, 2.75) is 72.1 Å². The summed E-state index contributed by atoms with van der Waals surface area (Å²) < 4.78 is 0.